The van der Waals surface area contributed by atoms with Crippen LogP contribution in [0.2, 0.25) is 18.1 Å². The molecule has 0 aliphatic heterocycles. The third kappa shape index (κ3) is 3.78. The zero-order chi connectivity index (χ0) is 21.6. The molecular formula is C22H39NO3SSi. The van der Waals surface area contributed by atoms with E-state index in [9.17, 15) is 4.21 Å². The summed E-state index contributed by atoms with van der Waals surface area (Å²) in [6.45, 7) is 19.3. The highest BCUT2D eigenvalue weighted by molar-refractivity contribution is 7.84. The molecule has 0 unspecified atom stereocenters. The van der Waals surface area contributed by atoms with Gasteiger partial charge in [-0.1, -0.05) is 58.0 Å². The van der Waals surface area contributed by atoms with Crippen LogP contribution in [0.4, 0.5) is 0 Å². The van der Waals surface area contributed by atoms with Crippen LogP contribution >= 0.6 is 0 Å². The second kappa shape index (κ2) is 7.62. The van der Waals surface area contributed by atoms with Gasteiger partial charge in [0.25, 0.3) is 0 Å². The number of nitrogens with one attached hydrogen (secondary N) is 1. The number of methoxy groups -OCH3 is 1. The van der Waals surface area contributed by atoms with Gasteiger partial charge in [-0.25, -0.2) is 8.93 Å². The highest BCUT2D eigenvalue weighted by Crippen LogP contribution is 2.67. The van der Waals surface area contributed by atoms with E-state index in [1.165, 1.54) is 0 Å². The Labute approximate surface area is 175 Å². The molecular weight excluding hydrogens is 386 g/mol. The normalized spacial score (nSPS) is 29.6. The molecule has 4 nitrogen and oxygen atoms in total. The lowest BCUT2D eigenvalue weighted by Gasteiger charge is -2.41. The number of ether oxygens (including phenoxy) is 1. The lowest BCUT2D eigenvalue weighted by atomic mass is 10.0. The highest BCUT2D eigenvalue weighted by atomic mass is 32.2. The van der Waals surface area contributed by atoms with Crippen molar-refractivity contribution >= 4 is 19.3 Å². The average Bonchev–Trinajstić information content (AvgIpc) is 3.14. The van der Waals surface area contributed by atoms with Crippen LogP contribution < -0.4 is 4.72 Å². The molecule has 6 heteroatoms. The summed E-state index contributed by atoms with van der Waals surface area (Å²) in [5.41, 5.74) is -0.370. The van der Waals surface area contributed by atoms with E-state index < -0.39 is 35.4 Å². The number of hydrogen-bond acceptors (Lipinski definition) is 3. The summed E-state index contributed by atoms with van der Waals surface area (Å²) >= 11 is 0. The van der Waals surface area contributed by atoms with Gasteiger partial charge >= 0.3 is 0 Å². The maximum Gasteiger partial charge on any atom is 0.193 e. The molecule has 0 amide bonds. The van der Waals surface area contributed by atoms with Crippen molar-refractivity contribution < 1.29 is 13.4 Å². The van der Waals surface area contributed by atoms with Gasteiger partial charge in [0.1, 0.15) is 5.60 Å². The van der Waals surface area contributed by atoms with Gasteiger partial charge in [0.2, 0.25) is 0 Å². The molecule has 1 fully saturated rings. The van der Waals surface area contributed by atoms with Crippen molar-refractivity contribution in [1.82, 2.24) is 4.72 Å². The summed E-state index contributed by atoms with van der Waals surface area (Å²) in [7, 11) is -1.71. The van der Waals surface area contributed by atoms with Crippen molar-refractivity contribution in [2.45, 2.75) is 89.1 Å². The Balaban J connectivity index is 2.62. The fraction of sp³-hybridized carbons (Fsp3) is 0.727. The van der Waals surface area contributed by atoms with Crippen molar-refractivity contribution in [3.63, 3.8) is 0 Å². The first kappa shape index (κ1) is 23.7. The number of rotatable bonds is 7. The van der Waals surface area contributed by atoms with Crippen LogP contribution in [-0.2, 0) is 25.7 Å². The minimum absolute atomic E-state index is 0.0539. The quantitative estimate of drug-likeness (QED) is 0.474. The first-order chi connectivity index (χ1) is 12.7. The molecule has 1 saturated carbocycles. The van der Waals surface area contributed by atoms with Crippen molar-refractivity contribution in [2.75, 3.05) is 7.11 Å². The third-order valence-electron chi connectivity index (χ3n) is 6.41. The van der Waals surface area contributed by atoms with E-state index in [4.69, 9.17) is 9.16 Å². The van der Waals surface area contributed by atoms with Gasteiger partial charge in [0, 0.05) is 13.0 Å². The molecule has 0 aromatic heterocycles. The first-order valence-corrected chi connectivity index (χ1v) is 14.3. The molecule has 1 aromatic rings. The molecule has 28 heavy (non-hydrogen) atoms. The second-order valence-corrected chi connectivity index (χ2v) is 17.0. The summed E-state index contributed by atoms with van der Waals surface area (Å²) in [6.07, 6.45) is 0.867. The minimum atomic E-state index is -2.14. The van der Waals surface area contributed by atoms with Gasteiger partial charge in [-0.3, -0.25) is 0 Å². The van der Waals surface area contributed by atoms with Crippen LogP contribution in [0.1, 0.15) is 60.5 Å². The Morgan fingerprint density at radius 1 is 1.11 bits per heavy atom. The SMILES string of the molecule is CC[C@@H]1[C@](O[Si](C)(C)C(C)(C)C)(c2ccccc2)[C@]1(N[S@@](=O)C(C)(C)C)OC. The van der Waals surface area contributed by atoms with Crippen LogP contribution in [0.3, 0.4) is 0 Å². The fourth-order valence-electron chi connectivity index (χ4n) is 3.71. The van der Waals surface area contributed by atoms with Crippen LogP contribution in [0, 0.1) is 5.92 Å². The van der Waals surface area contributed by atoms with Crippen LogP contribution in [0.15, 0.2) is 30.3 Å². The van der Waals surface area contributed by atoms with E-state index in [0.29, 0.717) is 0 Å². The summed E-state index contributed by atoms with van der Waals surface area (Å²) in [6, 6.07) is 10.3. The Kier molecular flexibility index (Phi) is 6.46. The van der Waals surface area contributed by atoms with Crippen molar-refractivity contribution in [2.24, 2.45) is 5.92 Å². The number of hydrogen-bond donors (Lipinski definition) is 1. The summed E-state index contributed by atoms with van der Waals surface area (Å²) < 4.78 is 29.3. The van der Waals surface area contributed by atoms with Crippen molar-refractivity contribution in [1.29, 1.82) is 0 Å². The Bertz CT molecular complexity index is 711. The second-order valence-electron chi connectivity index (χ2n) is 10.3. The van der Waals surface area contributed by atoms with E-state index in [0.717, 1.165) is 12.0 Å². The third-order valence-corrected chi connectivity index (χ3v) is 12.5. The Hall–Kier alpha value is -0.533. The van der Waals surface area contributed by atoms with E-state index in [1.54, 1.807) is 7.11 Å². The molecule has 0 spiro atoms. The number of benzene rings is 1. The molecule has 1 aliphatic carbocycles. The zero-order valence-corrected chi connectivity index (χ0v) is 21.1. The van der Waals surface area contributed by atoms with Gasteiger partial charge < -0.3 is 9.16 Å². The van der Waals surface area contributed by atoms with Gasteiger partial charge in [0.15, 0.2) is 14.0 Å². The van der Waals surface area contributed by atoms with E-state index >= 15 is 0 Å². The molecule has 2 rings (SSSR count). The topological polar surface area (TPSA) is 47.6 Å². The predicted molar refractivity (Wildman–Crippen MR) is 121 cm³/mol. The van der Waals surface area contributed by atoms with E-state index in [-0.39, 0.29) is 11.0 Å². The predicted octanol–water partition coefficient (Wildman–Crippen LogP) is 5.34. The van der Waals surface area contributed by atoms with Crippen LogP contribution in [0.25, 0.3) is 0 Å². The van der Waals surface area contributed by atoms with Crippen molar-refractivity contribution in [3.8, 4) is 0 Å². The Morgan fingerprint density at radius 3 is 2.04 bits per heavy atom. The van der Waals surface area contributed by atoms with Gasteiger partial charge in [0.05, 0.1) is 15.7 Å². The van der Waals surface area contributed by atoms with E-state index in [1.807, 2.05) is 39.0 Å². The minimum Gasteiger partial charge on any atom is -0.403 e. The Morgan fingerprint density at radius 2 is 1.64 bits per heavy atom. The zero-order valence-electron chi connectivity index (χ0n) is 19.3. The molecule has 1 N–H and O–H groups in total. The lowest BCUT2D eigenvalue weighted by Crippen LogP contribution is -2.52. The van der Waals surface area contributed by atoms with Gasteiger partial charge in [-0.15, -0.1) is 0 Å². The lowest BCUT2D eigenvalue weighted by molar-refractivity contribution is -0.0151. The molecule has 1 aromatic carbocycles. The molecule has 0 radical (unpaired) electrons. The molecule has 160 valence electrons. The molecule has 0 bridgehead atoms. The van der Waals surface area contributed by atoms with Gasteiger partial charge in [-0.05, 0) is 50.9 Å². The average molecular weight is 426 g/mol. The first-order valence-electron chi connectivity index (χ1n) is 10.2. The summed E-state index contributed by atoms with van der Waals surface area (Å²) in [5, 5.41) is 0.0539. The summed E-state index contributed by atoms with van der Waals surface area (Å²) in [4.78, 5) is 0. The van der Waals surface area contributed by atoms with Crippen LogP contribution in [0.5, 0.6) is 0 Å². The highest BCUT2D eigenvalue weighted by Gasteiger charge is 2.81. The van der Waals surface area contributed by atoms with Crippen molar-refractivity contribution in [3.05, 3.63) is 35.9 Å². The molecule has 1 aliphatic rings. The van der Waals surface area contributed by atoms with Crippen LogP contribution in [-0.4, -0.2) is 30.1 Å². The molecule has 4 atom stereocenters. The maximum absolute atomic E-state index is 13.1. The standard InChI is InChI=1S/C22H39NO3SSi/c1-11-18-21(17-15-13-12-14-16-17,26-28(9,10)20(5,6)7)22(18,25-8)23-27(24)19(2,3)4/h12-16,18,23H,11H2,1-10H3/t18-,21-,22-,27+/m1/s1. The largest absolute Gasteiger partial charge is 0.403 e. The molecule has 0 heterocycles. The van der Waals surface area contributed by atoms with E-state index in [2.05, 4.69) is 57.6 Å². The fourth-order valence-corrected chi connectivity index (χ4v) is 6.19. The van der Waals surface area contributed by atoms with Gasteiger partial charge in [-0.2, -0.15) is 0 Å². The maximum atomic E-state index is 13.1. The summed E-state index contributed by atoms with van der Waals surface area (Å²) in [5.74, 6) is 0.0767. The smallest absolute Gasteiger partial charge is 0.193 e. The monoisotopic (exact) mass is 425 g/mol. The molecule has 0 saturated heterocycles.